The van der Waals surface area contributed by atoms with Crippen LogP contribution in [0.25, 0.3) is 0 Å². The lowest BCUT2D eigenvalue weighted by molar-refractivity contribution is 0.00453. The highest BCUT2D eigenvalue weighted by atomic mass is 16.6. The average Bonchev–Trinajstić information content (AvgIpc) is 2.13. The summed E-state index contributed by atoms with van der Waals surface area (Å²) in [5.74, 6) is -0.450. The Balaban J connectivity index is 0.000000181. The first kappa shape index (κ1) is 60.7. The summed E-state index contributed by atoms with van der Waals surface area (Å²) >= 11 is 0. The van der Waals surface area contributed by atoms with E-state index in [0.29, 0.717) is 76.5 Å². The first-order valence-electron chi connectivity index (χ1n) is 31.7. The van der Waals surface area contributed by atoms with Gasteiger partial charge >= 0.3 is 12.2 Å². The molecule has 2 saturated heterocycles. The number of aryl methyl sites for hydroxylation is 2. The molecule has 7 aliphatic rings. The Kier molecular flexibility index (Phi) is 19.6. The second-order valence-electron chi connectivity index (χ2n) is 25.2. The lowest BCUT2D eigenvalue weighted by atomic mass is 9.88. The molecule has 4 amide bonds. The van der Waals surface area contributed by atoms with Gasteiger partial charge in [-0.15, -0.1) is 0 Å². The Morgan fingerprint density at radius 2 is 1.10 bits per heavy atom. The van der Waals surface area contributed by atoms with Crippen LogP contribution in [0.3, 0.4) is 0 Å². The highest BCUT2D eigenvalue weighted by Crippen LogP contribution is 2.40. The molecule has 0 bridgehead atoms. The first-order chi connectivity index (χ1) is 41.8. The monoisotopic (exact) mass is 1170 g/mol. The van der Waals surface area contributed by atoms with Crippen LogP contribution in [0.2, 0.25) is 0 Å². The van der Waals surface area contributed by atoms with Crippen molar-refractivity contribution >= 4 is 35.4 Å². The number of nitrogens with two attached hydrogens (primary N) is 1. The average molecular weight is 1170 g/mol. The van der Waals surface area contributed by atoms with Gasteiger partial charge in [-0.25, -0.2) is 9.59 Å². The van der Waals surface area contributed by atoms with Crippen LogP contribution < -0.4 is 15.5 Å². The number of carbonyl (C=O) groups is 4. The second kappa shape index (κ2) is 27.8. The maximum absolute atomic E-state index is 13.7. The maximum Gasteiger partial charge on any atom is 0.410 e. The molecule has 5 aliphatic heterocycles. The van der Waals surface area contributed by atoms with Crippen LogP contribution in [0.15, 0.2) is 97.3 Å². The van der Waals surface area contributed by atoms with Crippen molar-refractivity contribution in [3.63, 3.8) is 0 Å². The standard InChI is InChI=1S/C36H41N5O5.C32H47N5O3/c42-34-28-11-1-2-12-29(28)35(43)40(34)17-4-3-16-39(32-14-5-8-25-10-7-15-37-33(25)32)24-27-22-30-26(23-41(27)36(44)45)9-6-13-31(30)38-18-20-46-21-19-38;1-32(2,3)40-31(38)37-22-25-10-7-12-28(35-17-19-39-20-18-35)27(25)21-26(37)23-36(16-5-4-14-33)29-13-6-9-24-11-8-15-34-30(24)29/h1-2,6-7,9-13,15,27,32H,3-5,8,14,16-24H2,(H,44,45);7-8,10-12,15,26,29H,4-6,9,13-14,16-23,33H2,1-3H3/t27-,32+;26-,29+/m11/s1. The van der Waals surface area contributed by atoms with Gasteiger partial charge < -0.3 is 34.9 Å². The molecular weight excluding hydrogens is 1080 g/mol. The van der Waals surface area contributed by atoms with E-state index in [-0.39, 0.29) is 42.1 Å². The molecule has 0 spiro atoms. The number of anilines is 2. The van der Waals surface area contributed by atoms with E-state index >= 15 is 0 Å². The zero-order valence-electron chi connectivity index (χ0n) is 50.8. The summed E-state index contributed by atoms with van der Waals surface area (Å²) in [5.41, 5.74) is 18.6. The number of morpholine rings is 2. The van der Waals surface area contributed by atoms with E-state index in [4.69, 9.17) is 29.9 Å². The van der Waals surface area contributed by atoms with Crippen molar-refractivity contribution in [2.75, 3.05) is 102 Å². The minimum atomic E-state index is -0.903. The Morgan fingerprint density at radius 3 is 1.59 bits per heavy atom. The fourth-order valence-electron chi connectivity index (χ4n) is 14.3. The molecule has 4 atom stereocenters. The number of amides is 4. The Hall–Kier alpha value is -6.96. The zero-order valence-corrected chi connectivity index (χ0v) is 50.8. The molecule has 3 N–H and O–H groups in total. The smallest absolute Gasteiger partial charge is 0.410 e. The van der Waals surface area contributed by atoms with E-state index in [1.165, 1.54) is 49.8 Å². The van der Waals surface area contributed by atoms with Gasteiger partial charge in [0.25, 0.3) is 11.8 Å². The highest BCUT2D eigenvalue weighted by Gasteiger charge is 2.40. The summed E-state index contributed by atoms with van der Waals surface area (Å²) in [6, 6.07) is 28.3. The topological polar surface area (TPSA) is 191 Å². The Morgan fingerprint density at radius 1 is 0.628 bits per heavy atom. The number of fused-ring (bicyclic) bond motifs is 5. The number of imide groups is 1. The largest absolute Gasteiger partial charge is 0.465 e. The van der Waals surface area contributed by atoms with Gasteiger partial charge in [0.05, 0.1) is 73.1 Å². The van der Waals surface area contributed by atoms with E-state index < -0.39 is 11.7 Å². The van der Waals surface area contributed by atoms with Crippen LogP contribution in [0, 0.1) is 0 Å². The number of carboxylic acid groups (broad SMARTS) is 1. The number of hydrogen-bond acceptors (Lipinski definition) is 14. The molecule has 2 fully saturated rings. The van der Waals surface area contributed by atoms with Crippen LogP contribution >= 0.6 is 0 Å². The quantitative estimate of drug-likeness (QED) is 0.0661. The molecule has 3 aromatic carbocycles. The molecule has 0 radical (unpaired) electrons. The van der Waals surface area contributed by atoms with Crippen LogP contribution in [0.5, 0.6) is 0 Å². The number of unbranched alkanes of at least 4 members (excludes halogenated alkanes) is 2. The van der Waals surface area contributed by atoms with E-state index in [2.05, 4.69) is 68.1 Å². The van der Waals surface area contributed by atoms with Crippen LogP contribution in [0.1, 0.15) is 150 Å². The third-order valence-corrected chi connectivity index (χ3v) is 18.5. The van der Waals surface area contributed by atoms with E-state index in [1.54, 1.807) is 29.2 Å². The van der Waals surface area contributed by atoms with Crippen molar-refractivity contribution in [1.82, 2.24) is 34.5 Å². The van der Waals surface area contributed by atoms with Crippen molar-refractivity contribution in [3.05, 3.63) is 153 Å². The van der Waals surface area contributed by atoms with Crippen LogP contribution in [-0.4, -0.2) is 173 Å². The summed E-state index contributed by atoms with van der Waals surface area (Å²) < 4.78 is 17.2. The van der Waals surface area contributed by atoms with Gasteiger partial charge in [0, 0.05) is 82.7 Å². The summed E-state index contributed by atoms with van der Waals surface area (Å²) in [6.07, 6.45) is 13.9. The number of benzene rings is 3. The summed E-state index contributed by atoms with van der Waals surface area (Å²) in [4.78, 5) is 76.7. The predicted octanol–water partition coefficient (Wildman–Crippen LogP) is 9.48. The summed E-state index contributed by atoms with van der Waals surface area (Å²) in [6.45, 7) is 17.1. The number of carbonyl (C=O) groups excluding carboxylic acids is 3. The molecule has 2 aliphatic carbocycles. The molecule has 18 heteroatoms. The molecule has 0 unspecified atom stereocenters. The lowest BCUT2D eigenvalue weighted by Gasteiger charge is -2.44. The first-order valence-corrected chi connectivity index (χ1v) is 31.7. The number of hydrogen-bond donors (Lipinski definition) is 2. The molecule has 458 valence electrons. The van der Waals surface area contributed by atoms with E-state index in [0.717, 1.165) is 128 Å². The number of ether oxygens (including phenoxy) is 3. The highest BCUT2D eigenvalue weighted by molar-refractivity contribution is 6.21. The normalized spacial score (nSPS) is 21.1. The van der Waals surface area contributed by atoms with Crippen molar-refractivity contribution in [2.45, 2.75) is 141 Å². The van der Waals surface area contributed by atoms with Crippen molar-refractivity contribution in [1.29, 1.82) is 0 Å². The van der Waals surface area contributed by atoms with E-state index in [1.807, 2.05) is 50.2 Å². The fourth-order valence-corrected chi connectivity index (χ4v) is 14.3. The minimum Gasteiger partial charge on any atom is -0.465 e. The van der Waals surface area contributed by atoms with Gasteiger partial charge in [0.1, 0.15) is 5.60 Å². The van der Waals surface area contributed by atoms with Crippen molar-refractivity contribution in [2.24, 2.45) is 5.73 Å². The molecule has 5 aromatic rings. The molecule has 18 nitrogen and oxygen atoms in total. The second-order valence-corrected chi connectivity index (χ2v) is 25.2. The van der Waals surface area contributed by atoms with Crippen molar-refractivity contribution in [3.8, 4) is 0 Å². The van der Waals surface area contributed by atoms with Crippen molar-refractivity contribution < 1.29 is 38.5 Å². The molecule has 86 heavy (non-hydrogen) atoms. The molecule has 0 saturated carbocycles. The molecule has 2 aromatic heterocycles. The minimum absolute atomic E-state index is 0.00324. The van der Waals surface area contributed by atoms with Gasteiger partial charge in [-0.05, 0) is 187 Å². The maximum atomic E-state index is 13.7. The van der Waals surface area contributed by atoms with Gasteiger partial charge in [0.2, 0.25) is 0 Å². The number of rotatable bonds is 17. The van der Waals surface area contributed by atoms with Gasteiger partial charge in [-0.1, -0.05) is 48.5 Å². The van der Waals surface area contributed by atoms with Gasteiger partial charge in [-0.3, -0.25) is 44.1 Å². The fraction of sp³-hybridized carbons (Fsp3) is 0.529. The van der Waals surface area contributed by atoms with Crippen LogP contribution in [0.4, 0.5) is 21.0 Å². The van der Waals surface area contributed by atoms with Crippen LogP contribution in [-0.2, 0) is 53.0 Å². The molecule has 12 rings (SSSR count). The number of pyridine rings is 2. The predicted molar refractivity (Wildman–Crippen MR) is 332 cm³/mol. The van der Waals surface area contributed by atoms with Gasteiger partial charge in [0.15, 0.2) is 0 Å². The SMILES string of the molecule is CC(C)(C)OC(=O)N1Cc2cccc(N3CCOCC3)c2C[C@@H]1CN(CCCCN)[C@H]1CCCc2cccnc21.O=C1c2ccccc2C(=O)N1CCCCN(C[C@H]1Cc2c(cccc2N2CCOCC2)CN1C(=O)O)[C@H]1CCCc2cccnc21. The summed E-state index contributed by atoms with van der Waals surface area (Å²) in [7, 11) is 0. The molecule has 7 heterocycles. The third kappa shape index (κ3) is 13.9. The Labute approximate surface area is 507 Å². The molecular formula is C68H88N10O8. The van der Waals surface area contributed by atoms with E-state index in [9.17, 15) is 24.3 Å². The number of nitrogens with zero attached hydrogens (tertiary/aromatic N) is 9. The third-order valence-electron chi connectivity index (χ3n) is 18.5. The lowest BCUT2D eigenvalue weighted by Crippen LogP contribution is -2.52. The number of aromatic nitrogens is 2. The zero-order chi connectivity index (χ0) is 59.7. The summed E-state index contributed by atoms with van der Waals surface area (Å²) in [5, 5.41) is 10.4. The van der Waals surface area contributed by atoms with Gasteiger partial charge in [-0.2, -0.15) is 0 Å². The Bertz CT molecular complexity index is 3140.